The first-order valence-corrected chi connectivity index (χ1v) is 6.87. The topological polar surface area (TPSA) is 41.5 Å². The molecule has 0 saturated heterocycles. The van der Waals surface area contributed by atoms with Crippen LogP contribution >= 0.6 is 0 Å². The van der Waals surface area contributed by atoms with E-state index in [-0.39, 0.29) is 12.6 Å². The molecule has 1 atom stereocenters. The highest BCUT2D eigenvalue weighted by atomic mass is 16.5. The van der Waals surface area contributed by atoms with Crippen molar-refractivity contribution in [1.82, 2.24) is 5.32 Å². The molecule has 0 aromatic heterocycles. The van der Waals surface area contributed by atoms with Crippen LogP contribution in [0.5, 0.6) is 0 Å². The van der Waals surface area contributed by atoms with Gasteiger partial charge in [0.05, 0.1) is 12.7 Å². The number of aliphatic hydroxyl groups excluding tert-OH is 1. The zero-order chi connectivity index (χ0) is 11.2. The molecule has 16 heavy (non-hydrogen) atoms. The standard InChI is InChI=1S/C13H25NO2/c15-10-12(14-11-6-7-11)8-9-16-13-4-2-1-3-5-13/h11-15H,1-10H2. The molecule has 2 saturated carbocycles. The van der Waals surface area contributed by atoms with Crippen molar-refractivity contribution in [1.29, 1.82) is 0 Å². The molecule has 2 rings (SSSR count). The Labute approximate surface area is 98.6 Å². The summed E-state index contributed by atoms with van der Waals surface area (Å²) in [5, 5.41) is 12.7. The lowest BCUT2D eigenvalue weighted by Crippen LogP contribution is -2.35. The van der Waals surface area contributed by atoms with Gasteiger partial charge in [-0.05, 0) is 32.1 Å². The molecule has 0 amide bonds. The normalized spacial score (nSPS) is 24.6. The van der Waals surface area contributed by atoms with Gasteiger partial charge in [-0.1, -0.05) is 19.3 Å². The third kappa shape index (κ3) is 4.40. The number of aliphatic hydroxyl groups is 1. The van der Waals surface area contributed by atoms with E-state index in [0.717, 1.165) is 13.0 Å². The van der Waals surface area contributed by atoms with E-state index in [2.05, 4.69) is 5.32 Å². The van der Waals surface area contributed by atoms with Crippen LogP contribution in [0.4, 0.5) is 0 Å². The van der Waals surface area contributed by atoms with Gasteiger partial charge in [-0.3, -0.25) is 0 Å². The molecule has 0 aliphatic heterocycles. The van der Waals surface area contributed by atoms with E-state index in [1.54, 1.807) is 0 Å². The van der Waals surface area contributed by atoms with E-state index < -0.39 is 0 Å². The summed E-state index contributed by atoms with van der Waals surface area (Å²) in [4.78, 5) is 0. The molecule has 0 spiro atoms. The number of rotatable bonds is 7. The minimum atomic E-state index is 0.241. The van der Waals surface area contributed by atoms with Crippen LogP contribution in [0.25, 0.3) is 0 Å². The predicted octanol–water partition coefficient (Wildman–Crippen LogP) is 1.84. The zero-order valence-corrected chi connectivity index (χ0v) is 10.2. The fraction of sp³-hybridized carbons (Fsp3) is 1.00. The molecule has 2 aliphatic rings. The van der Waals surface area contributed by atoms with E-state index in [1.807, 2.05) is 0 Å². The highest BCUT2D eigenvalue weighted by Gasteiger charge is 2.24. The van der Waals surface area contributed by atoms with Gasteiger partial charge in [-0.25, -0.2) is 0 Å². The van der Waals surface area contributed by atoms with E-state index in [9.17, 15) is 5.11 Å². The molecule has 3 heteroatoms. The van der Waals surface area contributed by atoms with Crippen LogP contribution in [-0.4, -0.2) is 36.5 Å². The Morgan fingerprint density at radius 1 is 1.12 bits per heavy atom. The maximum atomic E-state index is 9.22. The Bertz CT molecular complexity index is 188. The molecule has 0 aromatic rings. The molecular weight excluding hydrogens is 202 g/mol. The monoisotopic (exact) mass is 227 g/mol. The highest BCUT2D eigenvalue weighted by molar-refractivity contribution is 4.84. The van der Waals surface area contributed by atoms with Crippen molar-refractivity contribution in [2.45, 2.75) is 69.6 Å². The van der Waals surface area contributed by atoms with Gasteiger partial charge in [-0.2, -0.15) is 0 Å². The molecule has 0 heterocycles. The summed E-state index contributed by atoms with van der Waals surface area (Å²) in [5.74, 6) is 0. The molecule has 0 bridgehead atoms. The van der Waals surface area contributed by atoms with Gasteiger partial charge in [0, 0.05) is 18.7 Å². The van der Waals surface area contributed by atoms with Crippen LogP contribution in [0.1, 0.15) is 51.4 Å². The van der Waals surface area contributed by atoms with Crippen molar-refractivity contribution in [2.75, 3.05) is 13.2 Å². The minimum Gasteiger partial charge on any atom is -0.395 e. The second-order valence-electron chi connectivity index (χ2n) is 5.24. The molecule has 1 unspecified atom stereocenters. The van der Waals surface area contributed by atoms with Crippen molar-refractivity contribution in [3.63, 3.8) is 0 Å². The van der Waals surface area contributed by atoms with Crippen LogP contribution in [0.15, 0.2) is 0 Å². The lowest BCUT2D eigenvalue weighted by molar-refractivity contribution is 0.0207. The van der Waals surface area contributed by atoms with Crippen molar-refractivity contribution in [3.05, 3.63) is 0 Å². The van der Waals surface area contributed by atoms with Gasteiger partial charge in [0.1, 0.15) is 0 Å². The number of hydrogen-bond acceptors (Lipinski definition) is 3. The highest BCUT2D eigenvalue weighted by Crippen LogP contribution is 2.21. The quantitative estimate of drug-likeness (QED) is 0.697. The molecule has 0 aromatic carbocycles. The largest absolute Gasteiger partial charge is 0.395 e. The number of nitrogens with one attached hydrogen (secondary N) is 1. The van der Waals surface area contributed by atoms with Gasteiger partial charge < -0.3 is 15.2 Å². The van der Waals surface area contributed by atoms with Crippen LogP contribution < -0.4 is 5.32 Å². The summed E-state index contributed by atoms with van der Waals surface area (Å²) < 4.78 is 5.87. The SMILES string of the molecule is OCC(CCOC1CCCCC1)NC1CC1. The van der Waals surface area contributed by atoms with E-state index >= 15 is 0 Å². The fourth-order valence-corrected chi connectivity index (χ4v) is 2.42. The maximum absolute atomic E-state index is 9.22. The van der Waals surface area contributed by atoms with E-state index in [0.29, 0.717) is 12.1 Å². The molecule has 2 N–H and O–H groups in total. The second-order valence-corrected chi connectivity index (χ2v) is 5.24. The lowest BCUT2D eigenvalue weighted by Gasteiger charge is -2.23. The number of hydrogen-bond donors (Lipinski definition) is 2. The third-order valence-electron chi connectivity index (χ3n) is 3.64. The zero-order valence-electron chi connectivity index (χ0n) is 10.2. The minimum absolute atomic E-state index is 0.241. The second kappa shape index (κ2) is 6.58. The Balaban J connectivity index is 1.54. The Kier molecular flexibility index (Phi) is 5.07. The van der Waals surface area contributed by atoms with Crippen LogP contribution in [0.3, 0.4) is 0 Å². The van der Waals surface area contributed by atoms with Crippen molar-refractivity contribution in [2.24, 2.45) is 0 Å². The Hall–Kier alpha value is -0.120. The first-order chi connectivity index (χ1) is 7.88. The van der Waals surface area contributed by atoms with Crippen LogP contribution in [-0.2, 0) is 4.74 Å². The number of ether oxygens (including phenoxy) is 1. The molecule has 3 nitrogen and oxygen atoms in total. The Morgan fingerprint density at radius 2 is 1.88 bits per heavy atom. The van der Waals surface area contributed by atoms with Crippen LogP contribution in [0.2, 0.25) is 0 Å². The first-order valence-electron chi connectivity index (χ1n) is 6.87. The summed E-state index contributed by atoms with van der Waals surface area (Å²) in [6.07, 6.45) is 10.5. The first kappa shape index (κ1) is 12.3. The average Bonchev–Trinajstić information content (AvgIpc) is 3.13. The van der Waals surface area contributed by atoms with Crippen molar-refractivity contribution >= 4 is 0 Å². The lowest BCUT2D eigenvalue weighted by atomic mass is 9.98. The van der Waals surface area contributed by atoms with Crippen LogP contribution in [0, 0.1) is 0 Å². The van der Waals surface area contributed by atoms with Gasteiger partial charge >= 0.3 is 0 Å². The Morgan fingerprint density at radius 3 is 2.50 bits per heavy atom. The van der Waals surface area contributed by atoms with Gasteiger partial charge in [0.15, 0.2) is 0 Å². The molecule has 0 radical (unpaired) electrons. The van der Waals surface area contributed by atoms with Crippen molar-refractivity contribution < 1.29 is 9.84 Å². The smallest absolute Gasteiger partial charge is 0.0585 e. The molecule has 94 valence electrons. The maximum Gasteiger partial charge on any atom is 0.0585 e. The summed E-state index contributed by atoms with van der Waals surface area (Å²) in [7, 11) is 0. The summed E-state index contributed by atoms with van der Waals surface area (Å²) in [6.45, 7) is 1.04. The van der Waals surface area contributed by atoms with Gasteiger partial charge in [-0.15, -0.1) is 0 Å². The van der Waals surface area contributed by atoms with Crippen molar-refractivity contribution in [3.8, 4) is 0 Å². The molecular formula is C13H25NO2. The average molecular weight is 227 g/mol. The van der Waals surface area contributed by atoms with Gasteiger partial charge in [0.25, 0.3) is 0 Å². The van der Waals surface area contributed by atoms with Gasteiger partial charge in [0.2, 0.25) is 0 Å². The van der Waals surface area contributed by atoms with E-state index in [1.165, 1.54) is 44.9 Å². The third-order valence-corrected chi connectivity index (χ3v) is 3.64. The predicted molar refractivity (Wildman–Crippen MR) is 64.5 cm³/mol. The molecule has 2 fully saturated rings. The molecule has 2 aliphatic carbocycles. The summed E-state index contributed by atoms with van der Waals surface area (Å²) in [5.41, 5.74) is 0. The summed E-state index contributed by atoms with van der Waals surface area (Å²) >= 11 is 0. The fourth-order valence-electron chi connectivity index (χ4n) is 2.42. The summed E-state index contributed by atoms with van der Waals surface area (Å²) in [6, 6.07) is 0.919. The van der Waals surface area contributed by atoms with E-state index in [4.69, 9.17) is 4.74 Å².